The molecule has 1 fully saturated rings. The number of nitrogens with two attached hydrogens (primary N) is 1. The Morgan fingerprint density at radius 2 is 2.19 bits per heavy atom. The zero-order valence-electron chi connectivity index (χ0n) is 11.8. The molecule has 1 aliphatic rings. The van der Waals surface area contributed by atoms with Crippen molar-refractivity contribution in [1.82, 2.24) is 9.88 Å². The lowest BCUT2D eigenvalue weighted by molar-refractivity contribution is 0.456. The molecule has 2 heterocycles. The Bertz CT molecular complexity index is 646. The van der Waals surface area contributed by atoms with Crippen LogP contribution in [-0.2, 0) is 6.42 Å². The third-order valence-corrected chi connectivity index (χ3v) is 4.66. The van der Waals surface area contributed by atoms with Crippen molar-refractivity contribution in [2.24, 2.45) is 10.7 Å². The molecule has 0 spiro atoms. The Morgan fingerprint density at radius 1 is 1.38 bits per heavy atom. The summed E-state index contributed by atoms with van der Waals surface area (Å²) in [6, 6.07) is 4.82. The SMILES string of the molecule is NC(=NCCc1c[nH]c2cc(F)ccc12)N1CCSCC1. The highest BCUT2D eigenvalue weighted by Gasteiger charge is 2.12. The number of nitrogens with one attached hydrogen (secondary N) is 1. The van der Waals surface area contributed by atoms with Crippen LogP contribution in [0.5, 0.6) is 0 Å². The second-order valence-electron chi connectivity index (χ2n) is 5.09. The molecule has 0 aliphatic carbocycles. The van der Waals surface area contributed by atoms with Crippen molar-refractivity contribution in [2.75, 3.05) is 31.1 Å². The van der Waals surface area contributed by atoms with Crippen LogP contribution in [0.25, 0.3) is 10.9 Å². The van der Waals surface area contributed by atoms with Crippen molar-refractivity contribution in [2.45, 2.75) is 6.42 Å². The van der Waals surface area contributed by atoms with Gasteiger partial charge in [0.1, 0.15) is 5.82 Å². The van der Waals surface area contributed by atoms with E-state index in [1.165, 1.54) is 12.1 Å². The van der Waals surface area contributed by atoms with Crippen LogP contribution in [0.15, 0.2) is 29.4 Å². The summed E-state index contributed by atoms with van der Waals surface area (Å²) in [5.41, 5.74) is 8.01. The van der Waals surface area contributed by atoms with Crippen molar-refractivity contribution in [3.8, 4) is 0 Å². The van der Waals surface area contributed by atoms with E-state index in [0.717, 1.165) is 47.5 Å². The molecule has 0 unspecified atom stereocenters. The molecule has 1 aromatic heterocycles. The van der Waals surface area contributed by atoms with Gasteiger partial charge in [-0.05, 0) is 30.2 Å². The van der Waals surface area contributed by atoms with E-state index in [1.807, 2.05) is 24.0 Å². The van der Waals surface area contributed by atoms with E-state index in [2.05, 4.69) is 14.9 Å². The fourth-order valence-corrected chi connectivity index (χ4v) is 3.45. The first-order valence-corrected chi connectivity index (χ1v) is 8.27. The first-order chi connectivity index (χ1) is 10.2. The molecule has 0 amide bonds. The lowest BCUT2D eigenvalue weighted by atomic mass is 10.1. The molecule has 1 aliphatic heterocycles. The smallest absolute Gasteiger partial charge is 0.191 e. The van der Waals surface area contributed by atoms with E-state index in [9.17, 15) is 4.39 Å². The second kappa shape index (κ2) is 6.39. The largest absolute Gasteiger partial charge is 0.370 e. The van der Waals surface area contributed by atoms with Crippen LogP contribution in [0.3, 0.4) is 0 Å². The summed E-state index contributed by atoms with van der Waals surface area (Å²) in [6.45, 7) is 2.61. The number of hydrogen-bond acceptors (Lipinski definition) is 2. The Morgan fingerprint density at radius 3 is 3.00 bits per heavy atom. The quantitative estimate of drug-likeness (QED) is 0.675. The number of hydrogen-bond donors (Lipinski definition) is 2. The molecule has 1 saturated heterocycles. The van der Waals surface area contributed by atoms with Crippen LogP contribution in [0.4, 0.5) is 4.39 Å². The molecule has 21 heavy (non-hydrogen) atoms. The molecule has 0 atom stereocenters. The normalized spacial score (nSPS) is 16.6. The van der Waals surface area contributed by atoms with Crippen LogP contribution >= 0.6 is 11.8 Å². The molecule has 2 aromatic rings. The van der Waals surface area contributed by atoms with Gasteiger partial charge in [-0.2, -0.15) is 11.8 Å². The van der Waals surface area contributed by atoms with Gasteiger partial charge < -0.3 is 15.6 Å². The molecule has 3 N–H and O–H groups in total. The van der Waals surface area contributed by atoms with Crippen molar-refractivity contribution < 1.29 is 4.39 Å². The standard InChI is InChI=1S/C15H19FN4S/c16-12-1-2-13-11(10-19-14(13)9-12)3-4-18-15(17)20-5-7-21-8-6-20/h1-2,9-10,19H,3-8H2,(H2,17,18). The summed E-state index contributed by atoms with van der Waals surface area (Å²) in [6.07, 6.45) is 2.72. The predicted molar refractivity (Wildman–Crippen MR) is 87.3 cm³/mol. The van der Waals surface area contributed by atoms with Gasteiger partial charge in [-0.25, -0.2) is 4.39 Å². The molecule has 4 nitrogen and oxygen atoms in total. The van der Waals surface area contributed by atoms with Gasteiger partial charge in [-0.1, -0.05) is 0 Å². The molecule has 3 rings (SSSR count). The number of H-pyrrole nitrogens is 1. The van der Waals surface area contributed by atoms with Gasteiger partial charge >= 0.3 is 0 Å². The number of aliphatic imine (C=N–C) groups is 1. The van der Waals surface area contributed by atoms with Gasteiger partial charge in [-0.15, -0.1) is 0 Å². The number of nitrogens with zero attached hydrogens (tertiary/aromatic N) is 2. The summed E-state index contributed by atoms with van der Waals surface area (Å²) in [4.78, 5) is 9.71. The third kappa shape index (κ3) is 3.32. The predicted octanol–water partition coefficient (Wildman–Crippen LogP) is 2.21. The number of halogens is 1. The monoisotopic (exact) mass is 306 g/mol. The van der Waals surface area contributed by atoms with Crippen molar-refractivity contribution in [3.05, 3.63) is 35.8 Å². The Hall–Kier alpha value is -1.69. The van der Waals surface area contributed by atoms with Crippen molar-refractivity contribution >= 4 is 28.6 Å². The van der Waals surface area contributed by atoms with Gasteiger partial charge in [0.05, 0.1) is 0 Å². The first kappa shape index (κ1) is 14.3. The minimum Gasteiger partial charge on any atom is -0.370 e. The van der Waals surface area contributed by atoms with Crippen LogP contribution in [0, 0.1) is 5.82 Å². The summed E-state index contributed by atoms with van der Waals surface area (Å²) < 4.78 is 13.1. The lowest BCUT2D eigenvalue weighted by Crippen LogP contribution is -2.42. The number of aromatic amines is 1. The zero-order valence-corrected chi connectivity index (χ0v) is 12.6. The Labute approximate surface area is 127 Å². The topological polar surface area (TPSA) is 57.4 Å². The van der Waals surface area contributed by atoms with E-state index in [4.69, 9.17) is 5.73 Å². The molecule has 0 bridgehead atoms. The van der Waals surface area contributed by atoms with E-state index < -0.39 is 0 Å². The number of benzene rings is 1. The molecular formula is C15H19FN4S. The molecule has 0 radical (unpaired) electrons. The molecule has 112 valence electrons. The highest BCUT2D eigenvalue weighted by Crippen LogP contribution is 2.19. The maximum absolute atomic E-state index is 13.1. The number of aromatic nitrogens is 1. The third-order valence-electron chi connectivity index (χ3n) is 3.72. The van der Waals surface area contributed by atoms with E-state index in [1.54, 1.807) is 0 Å². The lowest BCUT2D eigenvalue weighted by Gasteiger charge is -2.27. The summed E-state index contributed by atoms with van der Waals surface area (Å²) in [7, 11) is 0. The fraction of sp³-hybridized carbons (Fsp3) is 0.400. The van der Waals surface area contributed by atoms with E-state index >= 15 is 0 Å². The molecule has 0 saturated carbocycles. The number of fused-ring (bicyclic) bond motifs is 1. The van der Waals surface area contributed by atoms with Crippen LogP contribution in [-0.4, -0.2) is 47.0 Å². The van der Waals surface area contributed by atoms with Crippen LogP contribution in [0.2, 0.25) is 0 Å². The number of guanidine groups is 1. The minimum atomic E-state index is -0.221. The first-order valence-electron chi connectivity index (χ1n) is 7.12. The summed E-state index contributed by atoms with van der Waals surface area (Å²) >= 11 is 1.95. The molecular weight excluding hydrogens is 287 g/mol. The number of thioether (sulfide) groups is 1. The van der Waals surface area contributed by atoms with Crippen molar-refractivity contribution in [1.29, 1.82) is 0 Å². The van der Waals surface area contributed by atoms with Gasteiger partial charge in [0.15, 0.2) is 5.96 Å². The highest BCUT2D eigenvalue weighted by atomic mass is 32.2. The zero-order chi connectivity index (χ0) is 14.7. The van der Waals surface area contributed by atoms with E-state index in [-0.39, 0.29) is 5.82 Å². The maximum atomic E-state index is 13.1. The van der Waals surface area contributed by atoms with Crippen LogP contribution < -0.4 is 5.73 Å². The fourth-order valence-electron chi connectivity index (χ4n) is 2.55. The Balaban J connectivity index is 1.63. The minimum absolute atomic E-state index is 0.221. The van der Waals surface area contributed by atoms with Crippen LogP contribution in [0.1, 0.15) is 5.56 Å². The molecule has 6 heteroatoms. The van der Waals surface area contributed by atoms with Gasteiger partial charge in [0.2, 0.25) is 0 Å². The van der Waals surface area contributed by atoms with Gasteiger partial charge in [-0.3, -0.25) is 4.99 Å². The average Bonchev–Trinajstić information content (AvgIpc) is 2.90. The van der Waals surface area contributed by atoms with E-state index in [0.29, 0.717) is 12.5 Å². The number of rotatable bonds is 3. The Kier molecular flexibility index (Phi) is 4.34. The summed E-state index contributed by atoms with van der Waals surface area (Å²) in [5, 5.41) is 1.06. The van der Waals surface area contributed by atoms with Crippen molar-refractivity contribution in [3.63, 3.8) is 0 Å². The van der Waals surface area contributed by atoms with Gasteiger partial charge in [0.25, 0.3) is 0 Å². The average molecular weight is 306 g/mol. The molecule has 1 aromatic carbocycles. The summed E-state index contributed by atoms with van der Waals surface area (Å²) in [5.74, 6) is 2.65. The highest BCUT2D eigenvalue weighted by molar-refractivity contribution is 7.99. The van der Waals surface area contributed by atoms with Gasteiger partial charge in [0, 0.05) is 48.2 Å². The second-order valence-corrected chi connectivity index (χ2v) is 6.32. The maximum Gasteiger partial charge on any atom is 0.191 e.